The van der Waals surface area contributed by atoms with Gasteiger partial charge in [0.2, 0.25) is 0 Å². The molecular weight excluding hydrogens is 184 g/mol. The summed E-state index contributed by atoms with van der Waals surface area (Å²) in [6, 6.07) is 8.23. The lowest BCUT2D eigenvalue weighted by Crippen LogP contribution is -1.91. The van der Waals surface area contributed by atoms with E-state index in [-0.39, 0.29) is 0 Å². The highest BCUT2D eigenvalue weighted by Gasteiger charge is 1.96. The Bertz CT molecular complexity index is 350. The highest BCUT2D eigenvalue weighted by molar-refractivity contribution is 5.56. The molecule has 80 valence electrons. The predicted molar refractivity (Wildman–Crippen MR) is 65.6 cm³/mol. The third-order valence-corrected chi connectivity index (χ3v) is 2.16. The number of hydrogen-bond acceptors (Lipinski definition) is 1. The summed E-state index contributed by atoms with van der Waals surface area (Å²) in [5, 5.41) is 0. The van der Waals surface area contributed by atoms with E-state index in [0.29, 0.717) is 0 Å². The molecule has 0 atom stereocenters. The van der Waals surface area contributed by atoms with Gasteiger partial charge in [0, 0.05) is 0 Å². The number of ether oxygens (including phenoxy) is 1. The molecule has 15 heavy (non-hydrogen) atoms. The minimum Gasteiger partial charge on any atom is -0.494 e. The predicted octanol–water partition coefficient (Wildman–Crippen LogP) is 3.95. The number of aryl methyl sites for hydroxylation is 1. The topological polar surface area (TPSA) is 9.23 Å². The second-order valence-electron chi connectivity index (χ2n) is 3.46. The molecule has 0 aliphatic carbocycles. The smallest absolute Gasteiger partial charge is 0.119 e. The molecule has 1 heteroatoms. The summed E-state index contributed by atoms with van der Waals surface area (Å²) in [6.07, 6.45) is 4.79. The number of allylic oxidation sites excluding steroid dienone is 1. The van der Waals surface area contributed by atoms with Crippen molar-refractivity contribution in [2.45, 2.75) is 20.3 Å². The number of rotatable bonds is 5. The molecule has 0 saturated heterocycles. The van der Waals surface area contributed by atoms with E-state index in [9.17, 15) is 0 Å². The standard InChI is InChI=1S/C14H18O/c1-4-10-15-14(5-2)11-13-9-7-6-8-12(13)3/h5-9,11H,2,4,10H2,1,3H3/b14-11+. The average molecular weight is 202 g/mol. The Morgan fingerprint density at radius 3 is 2.73 bits per heavy atom. The van der Waals surface area contributed by atoms with Gasteiger partial charge < -0.3 is 4.74 Å². The van der Waals surface area contributed by atoms with E-state index in [1.54, 1.807) is 6.08 Å². The first-order valence-corrected chi connectivity index (χ1v) is 5.30. The van der Waals surface area contributed by atoms with Crippen LogP contribution in [-0.2, 0) is 4.74 Å². The third-order valence-electron chi connectivity index (χ3n) is 2.16. The van der Waals surface area contributed by atoms with Gasteiger partial charge in [-0.1, -0.05) is 37.8 Å². The molecule has 0 bridgehead atoms. The summed E-state index contributed by atoms with van der Waals surface area (Å²) < 4.78 is 5.54. The highest BCUT2D eigenvalue weighted by Crippen LogP contribution is 2.13. The minimum absolute atomic E-state index is 0.740. The molecule has 1 nitrogen and oxygen atoms in total. The largest absolute Gasteiger partial charge is 0.494 e. The van der Waals surface area contributed by atoms with Crippen molar-refractivity contribution in [3.63, 3.8) is 0 Å². The zero-order valence-electron chi connectivity index (χ0n) is 9.49. The fourth-order valence-corrected chi connectivity index (χ4v) is 1.28. The van der Waals surface area contributed by atoms with Crippen molar-refractivity contribution >= 4 is 6.08 Å². The van der Waals surface area contributed by atoms with Crippen molar-refractivity contribution in [3.8, 4) is 0 Å². The molecule has 0 heterocycles. The van der Waals surface area contributed by atoms with E-state index in [1.165, 1.54) is 11.1 Å². The zero-order chi connectivity index (χ0) is 11.1. The van der Waals surface area contributed by atoms with Crippen LogP contribution >= 0.6 is 0 Å². The molecule has 0 N–H and O–H groups in total. The second-order valence-corrected chi connectivity index (χ2v) is 3.46. The van der Waals surface area contributed by atoms with Crippen molar-refractivity contribution in [2.24, 2.45) is 0 Å². The van der Waals surface area contributed by atoms with Crippen molar-refractivity contribution in [1.82, 2.24) is 0 Å². The maximum atomic E-state index is 5.54. The van der Waals surface area contributed by atoms with Gasteiger partial charge in [-0.3, -0.25) is 0 Å². The molecule has 0 radical (unpaired) electrons. The lowest BCUT2D eigenvalue weighted by Gasteiger charge is -2.06. The van der Waals surface area contributed by atoms with Crippen molar-refractivity contribution in [2.75, 3.05) is 6.61 Å². The maximum absolute atomic E-state index is 5.54. The quantitative estimate of drug-likeness (QED) is 0.519. The van der Waals surface area contributed by atoms with Crippen LogP contribution in [0.25, 0.3) is 6.08 Å². The molecule has 1 aromatic carbocycles. The van der Waals surface area contributed by atoms with E-state index < -0.39 is 0 Å². The number of benzene rings is 1. The van der Waals surface area contributed by atoms with Crippen LogP contribution in [0.15, 0.2) is 42.7 Å². The molecule has 0 aliphatic rings. The van der Waals surface area contributed by atoms with Crippen molar-refractivity contribution in [3.05, 3.63) is 53.8 Å². The van der Waals surface area contributed by atoms with E-state index in [4.69, 9.17) is 4.74 Å². The van der Waals surface area contributed by atoms with Gasteiger partial charge in [-0.25, -0.2) is 0 Å². The maximum Gasteiger partial charge on any atom is 0.119 e. The van der Waals surface area contributed by atoms with E-state index in [1.807, 2.05) is 18.2 Å². The Balaban J connectivity index is 2.83. The van der Waals surface area contributed by atoms with Gasteiger partial charge in [0.1, 0.15) is 5.76 Å². The number of hydrogen-bond donors (Lipinski definition) is 0. The van der Waals surface area contributed by atoms with Crippen LogP contribution in [0.5, 0.6) is 0 Å². The Morgan fingerprint density at radius 2 is 2.13 bits per heavy atom. The normalized spacial score (nSPS) is 11.2. The molecular formula is C14H18O. The van der Waals surface area contributed by atoms with Crippen LogP contribution in [0.2, 0.25) is 0 Å². The fraction of sp³-hybridized carbons (Fsp3) is 0.286. The molecule has 0 aromatic heterocycles. The highest BCUT2D eigenvalue weighted by atomic mass is 16.5. The monoisotopic (exact) mass is 202 g/mol. The van der Waals surface area contributed by atoms with Crippen LogP contribution in [-0.4, -0.2) is 6.61 Å². The van der Waals surface area contributed by atoms with Gasteiger partial charge >= 0.3 is 0 Å². The zero-order valence-corrected chi connectivity index (χ0v) is 9.49. The van der Waals surface area contributed by atoms with Gasteiger partial charge in [0.05, 0.1) is 6.61 Å². The Labute approximate surface area is 92.1 Å². The van der Waals surface area contributed by atoms with Gasteiger partial charge in [-0.05, 0) is 36.6 Å². The molecule has 0 saturated carbocycles. The molecule has 1 rings (SSSR count). The summed E-state index contributed by atoms with van der Waals surface area (Å²) in [6.45, 7) is 8.67. The molecule has 0 spiro atoms. The first kappa shape index (κ1) is 11.6. The third kappa shape index (κ3) is 3.62. The van der Waals surface area contributed by atoms with Crippen LogP contribution in [0.4, 0.5) is 0 Å². The summed E-state index contributed by atoms with van der Waals surface area (Å²) in [5.41, 5.74) is 2.43. The SMILES string of the molecule is C=C/C(=C\c1ccccc1C)OCCC. The van der Waals surface area contributed by atoms with Crippen LogP contribution in [0.1, 0.15) is 24.5 Å². The molecule has 0 aliphatic heterocycles. The molecule has 0 unspecified atom stereocenters. The van der Waals surface area contributed by atoms with Crippen molar-refractivity contribution in [1.29, 1.82) is 0 Å². The Kier molecular flexibility index (Phi) is 4.69. The fourth-order valence-electron chi connectivity index (χ4n) is 1.28. The minimum atomic E-state index is 0.740. The molecule has 0 fully saturated rings. The first-order chi connectivity index (χ1) is 7.27. The Hall–Kier alpha value is -1.50. The van der Waals surface area contributed by atoms with E-state index in [0.717, 1.165) is 18.8 Å². The Morgan fingerprint density at radius 1 is 1.40 bits per heavy atom. The first-order valence-electron chi connectivity index (χ1n) is 5.30. The van der Waals surface area contributed by atoms with Gasteiger partial charge in [-0.15, -0.1) is 0 Å². The van der Waals surface area contributed by atoms with E-state index >= 15 is 0 Å². The lowest BCUT2D eigenvalue weighted by atomic mass is 10.1. The van der Waals surface area contributed by atoms with Crippen LogP contribution < -0.4 is 0 Å². The summed E-state index contributed by atoms with van der Waals surface area (Å²) in [5.74, 6) is 0.839. The summed E-state index contributed by atoms with van der Waals surface area (Å²) >= 11 is 0. The van der Waals surface area contributed by atoms with Gasteiger partial charge in [0.15, 0.2) is 0 Å². The van der Waals surface area contributed by atoms with Crippen molar-refractivity contribution < 1.29 is 4.74 Å². The summed E-state index contributed by atoms with van der Waals surface area (Å²) in [7, 11) is 0. The molecule has 1 aromatic rings. The van der Waals surface area contributed by atoms with Crippen LogP contribution in [0, 0.1) is 6.92 Å². The van der Waals surface area contributed by atoms with E-state index in [2.05, 4.69) is 32.6 Å². The molecule has 0 amide bonds. The van der Waals surface area contributed by atoms with Crippen LogP contribution in [0.3, 0.4) is 0 Å². The lowest BCUT2D eigenvalue weighted by molar-refractivity contribution is 0.228. The van der Waals surface area contributed by atoms with Gasteiger partial charge in [0.25, 0.3) is 0 Å². The average Bonchev–Trinajstić information content (AvgIpc) is 2.26. The van der Waals surface area contributed by atoms with Gasteiger partial charge in [-0.2, -0.15) is 0 Å². The second kappa shape index (κ2) is 6.07. The summed E-state index contributed by atoms with van der Waals surface area (Å²) in [4.78, 5) is 0.